The second kappa shape index (κ2) is 18.8. The molecule has 338 valence electrons. The first-order valence-corrected chi connectivity index (χ1v) is 23.4. The molecule has 0 bridgehead atoms. The average Bonchev–Trinajstić information content (AvgIpc) is 4.06. The van der Waals surface area contributed by atoms with E-state index >= 15 is 0 Å². The summed E-state index contributed by atoms with van der Waals surface area (Å²) < 4.78 is 11.9. The van der Waals surface area contributed by atoms with Gasteiger partial charge in [-0.3, -0.25) is 19.4 Å². The van der Waals surface area contributed by atoms with E-state index in [0.717, 1.165) is 91.9 Å². The number of benzene rings is 2. The first kappa shape index (κ1) is 43.6. The monoisotopic (exact) mass is 890 g/mol. The summed E-state index contributed by atoms with van der Waals surface area (Å²) in [6.07, 6.45) is 1.58. The van der Waals surface area contributed by atoms with Crippen LogP contribution in [0.2, 0.25) is 0 Å². The summed E-state index contributed by atoms with van der Waals surface area (Å²) in [4.78, 5) is 42.5. The van der Waals surface area contributed by atoms with Crippen LogP contribution < -0.4 is 20.3 Å². The number of β-amino-alcohol motifs (C(OH)–C–C–N with tert-alkyl or cyclic N) is 1. The Hall–Kier alpha value is -5.62. The first-order chi connectivity index (χ1) is 31.0. The van der Waals surface area contributed by atoms with Crippen molar-refractivity contribution in [2.24, 2.45) is 5.92 Å². The van der Waals surface area contributed by atoms with Gasteiger partial charge in [-0.25, -0.2) is 4.98 Å². The van der Waals surface area contributed by atoms with Gasteiger partial charge >= 0.3 is 0 Å². The fourth-order valence-corrected chi connectivity index (χ4v) is 10.7. The van der Waals surface area contributed by atoms with Crippen LogP contribution >= 0.6 is 11.3 Å². The highest BCUT2D eigenvalue weighted by Crippen LogP contribution is 2.37. The molecule has 6 atom stereocenters. The van der Waals surface area contributed by atoms with E-state index < -0.39 is 18.1 Å². The number of nitrogens with one attached hydrogen (secondary N) is 2. The van der Waals surface area contributed by atoms with E-state index in [4.69, 9.17) is 9.26 Å². The number of phenolic OH excluding ortho intramolecular Hbond substituents is 1. The first-order valence-electron chi connectivity index (χ1n) is 22.5. The molecule has 2 amide bonds. The third kappa shape index (κ3) is 9.16. The SMILES string of the molecule is Cc1ncsc1-c1ccc([C@H](C)NC(=O)[C@@H]2C[C@@H](O)CN2C(=O)[C@@H](c2cc(OCCN3CCCC(N4CCN5c6cc(-c7ccccc7O)nnc6NC[C@H]5C4)C3)no2)C(C)C)cc1. The molecule has 2 aromatic carbocycles. The Morgan fingerprint density at radius 3 is 2.62 bits per heavy atom. The summed E-state index contributed by atoms with van der Waals surface area (Å²) in [6, 6.07) is 18.6. The van der Waals surface area contributed by atoms with E-state index in [1.54, 1.807) is 29.5 Å². The molecule has 7 heterocycles. The smallest absolute Gasteiger partial charge is 0.254 e. The van der Waals surface area contributed by atoms with Crippen LogP contribution in [0.25, 0.3) is 21.7 Å². The maximum atomic E-state index is 14.3. The minimum absolute atomic E-state index is 0.0594. The van der Waals surface area contributed by atoms with E-state index in [1.165, 1.54) is 4.90 Å². The Balaban J connectivity index is 0.768. The normalized spacial score (nSPS) is 22.4. The molecule has 4 aliphatic rings. The van der Waals surface area contributed by atoms with Gasteiger partial charge in [-0.15, -0.1) is 21.5 Å². The second-order valence-electron chi connectivity index (χ2n) is 18.0. The van der Waals surface area contributed by atoms with Crippen molar-refractivity contribution >= 4 is 34.7 Å². The summed E-state index contributed by atoms with van der Waals surface area (Å²) in [5.74, 6) is 0.188. The predicted octanol–water partition coefficient (Wildman–Crippen LogP) is 5.31. The van der Waals surface area contributed by atoms with E-state index in [1.807, 2.05) is 75.7 Å². The van der Waals surface area contributed by atoms with Crippen molar-refractivity contribution in [2.45, 2.75) is 83.1 Å². The number of hydrogen-bond donors (Lipinski definition) is 4. The molecular weight excluding hydrogens is 833 g/mol. The third-order valence-electron chi connectivity index (χ3n) is 13.3. The number of hydrogen-bond acceptors (Lipinski definition) is 15. The molecule has 3 fully saturated rings. The van der Waals surface area contributed by atoms with Crippen LogP contribution in [0.4, 0.5) is 11.5 Å². The number of aliphatic hydroxyl groups is 1. The van der Waals surface area contributed by atoms with Gasteiger partial charge in [-0.05, 0) is 73.6 Å². The zero-order valence-electron chi connectivity index (χ0n) is 36.9. The van der Waals surface area contributed by atoms with Crippen molar-refractivity contribution in [1.82, 2.24) is 40.4 Å². The van der Waals surface area contributed by atoms with Gasteiger partial charge in [0.1, 0.15) is 24.3 Å². The van der Waals surface area contributed by atoms with Crippen LogP contribution in [0.5, 0.6) is 11.6 Å². The Morgan fingerprint density at radius 2 is 1.84 bits per heavy atom. The Bertz CT molecular complexity index is 2430. The summed E-state index contributed by atoms with van der Waals surface area (Å²) >= 11 is 1.59. The lowest BCUT2D eigenvalue weighted by atomic mass is 9.91. The number of aromatic hydroxyl groups is 1. The second-order valence-corrected chi connectivity index (χ2v) is 18.8. The minimum atomic E-state index is -0.823. The highest BCUT2D eigenvalue weighted by molar-refractivity contribution is 7.13. The maximum absolute atomic E-state index is 14.3. The molecule has 0 radical (unpaired) electrons. The van der Waals surface area contributed by atoms with Crippen molar-refractivity contribution in [2.75, 3.05) is 69.2 Å². The van der Waals surface area contributed by atoms with Crippen LogP contribution in [0, 0.1) is 12.8 Å². The number of aryl methyl sites for hydroxylation is 1. The number of thiazole rings is 1. The van der Waals surface area contributed by atoms with Crippen molar-refractivity contribution < 1.29 is 29.1 Å². The lowest BCUT2D eigenvalue weighted by Crippen LogP contribution is -2.62. The molecule has 0 aliphatic carbocycles. The van der Waals surface area contributed by atoms with Crippen molar-refractivity contribution in [3.05, 3.63) is 83.2 Å². The van der Waals surface area contributed by atoms with Crippen LogP contribution in [0.15, 0.2) is 70.7 Å². The van der Waals surface area contributed by atoms with E-state index in [9.17, 15) is 19.8 Å². The van der Waals surface area contributed by atoms with Crippen LogP contribution in [0.1, 0.15) is 69.0 Å². The highest BCUT2D eigenvalue weighted by atomic mass is 32.1. The standard InChI is InChI=1S/C47H58N10O6S/c1-28(2)43(47(61)57-26-35(58)20-39(57)46(60)50-29(3)31-11-13-32(14-12-31)44-30(4)49-27-64-44)41-22-42(53-63-41)62-19-18-54-15-7-8-33(24-54)55-16-17-56-34(25-55)23-48-45-38(56)21-37(51-52-45)36-9-5-6-10-40(36)59/h5-6,9-14,21-22,27-29,33-35,39,43,58-59H,7-8,15-20,23-26H2,1-4H3,(H,48,52)(H,50,60)/t29-,33?,34-,35+,39-,43+/m0/s1. The summed E-state index contributed by atoms with van der Waals surface area (Å²) in [7, 11) is 0. The highest BCUT2D eigenvalue weighted by Gasteiger charge is 2.44. The fraction of sp³-hybridized carbons (Fsp3) is 0.489. The quantitative estimate of drug-likeness (QED) is 0.119. The van der Waals surface area contributed by atoms with Gasteiger partial charge < -0.3 is 39.9 Å². The summed E-state index contributed by atoms with van der Waals surface area (Å²) in [5.41, 5.74) is 7.18. The number of likely N-dealkylation sites (tertiary alicyclic amines) is 2. The number of ether oxygens (including phenoxy) is 1. The molecule has 3 aromatic heterocycles. The van der Waals surface area contributed by atoms with Crippen LogP contribution in [-0.4, -0.2) is 140 Å². The Kier molecular flexibility index (Phi) is 12.8. The molecule has 9 rings (SSSR count). The number of amides is 2. The van der Waals surface area contributed by atoms with Crippen molar-refractivity contribution in [3.8, 4) is 33.3 Å². The van der Waals surface area contributed by atoms with Gasteiger partial charge in [-0.2, -0.15) is 0 Å². The summed E-state index contributed by atoms with van der Waals surface area (Å²) in [6.45, 7) is 14.5. The number of carbonyl (C=O) groups excluding carboxylic acids is 2. The number of piperidine rings is 1. The fourth-order valence-electron chi connectivity index (χ4n) is 9.88. The molecule has 5 aromatic rings. The average molecular weight is 891 g/mol. The number of fused-ring (bicyclic) bond motifs is 3. The van der Waals surface area contributed by atoms with Crippen LogP contribution in [-0.2, 0) is 9.59 Å². The van der Waals surface area contributed by atoms with Gasteiger partial charge in [0.25, 0.3) is 5.88 Å². The molecule has 4 N–H and O–H groups in total. The number of carbonyl (C=O) groups is 2. The minimum Gasteiger partial charge on any atom is -0.507 e. The van der Waals surface area contributed by atoms with Crippen molar-refractivity contribution in [1.29, 1.82) is 0 Å². The molecule has 0 saturated carbocycles. The molecule has 64 heavy (non-hydrogen) atoms. The van der Waals surface area contributed by atoms with Crippen LogP contribution in [0.3, 0.4) is 0 Å². The number of phenols is 1. The molecule has 3 saturated heterocycles. The predicted molar refractivity (Wildman–Crippen MR) is 244 cm³/mol. The topological polar surface area (TPSA) is 186 Å². The molecule has 17 heteroatoms. The van der Waals surface area contributed by atoms with E-state index in [2.05, 4.69) is 45.7 Å². The Labute approximate surface area is 377 Å². The molecule has 4 aliphatic heterocycles. The van der Waals surface area contributed by atoms with Gasteiger partial charge in [0.15, 0.2) is 11.6 Å². The zero-order chi connectivity index (χ0) is 44.5. The number of anilines is 2. The lowest BCUT2D eigenvalue weighted by Gasteiger charge is -2.49. The number of piperazine rings is 1. The zero-order valence-corrected chi connectivity index (χ0v) is 37.7. The number of nitrogens with zero attached hydrogens (tertiary/aromatic N) is 8. The van der Waals surface area contributed by atoms with Gasteiger partial charge in [0, 0.05) is 69.9 Å². The molecule has 16 nitrogen and oxygen atoms in total. The van der Waals surface area contributed by atoms with Gasteiger partial charge in [0.2, 0.25) is 11.8 Å². The molecule has 0 spiro atoms. The van der Waals surface area contributed by atoms with E-state index in [0.29, 0.717) is 41.6 Å². The largest absolute Gasteiger partial charge is 0.507 e. The third-order valence-corrected chi connectivity index (χ3v) is 14.3. The van der Waals surface area contributed by atoms with E-state index in [-0.39, 0.29) is 42.5 Å². The summed E-state index contributed by atoms with van der Waals surface area (Å²) in [5, 5.41) is 40.8. The molecular formula is C47H58N10O6S. The maximum Gasteiger partial charge on any atom is 0.254 e. The van der Waals surface area contributed by atoms with Gasteiger partial charge in [0.05, 0.1) is 45.7 Å². The van der Waals surface area contributed by atoms with Gasteiger partial charge in [-0.1, -0.05) is 50.2 Å². The number of aromatic nitrogens is 4. The van der Waals surface area contributed by atoms with Crippen molar-refractivity contribution in [3.63, 3.8) is 0 Å². The molecule has 1 unspecified atom stereocenters. The number of rotatable bonds is 13. The lowest BCUT2D eigenvalue weighted by molar-refractivity contribution is -0.141. The number of para-hydroxylation sites is 1. The Morgan fingerprint density at radius 1 is 1.02 bits per heavy atom. The number of aliphatic hydroxyl groups excluding tert-OH is 1.